The van der Waals surface area contributed by atoms with Gasteiger partial charge < -0.3 is 35.7 Å². The Balaban J connectivity index is 0.000000706. The van der Waals surface area contributed by atoms with Gasteiger partial charge in [0.05, 0.1) is 31.8 Å². The van der Waals surface area contributed by atoms with Gasteiger partial charge in [-0.25, -0.2) is 0 Å². The number of benzene rings is 3. The Morgan fingerprint density at radius 1 is 0.315 bits per heavy atom. The number of phenols is 3. The molecule has 0 heterocycles. The summed E-state index contributed by atoms with van der Waals surface area (Å²) in [4.78, 5) is 0. The summed E-state index contributed by atoms with van der Waals surface area (Å²) in [5, 5.41) is 63.5. The molecule has 3 aromatic rings. The minimum atomic E-state index is -1.11. The van der Waals surface area contributed by atoms with Gasteiger partial charge in [-0.05, 0) is 84.1 Å². The molecule has 0 unspecified atom stereocenters. The van der Waals surface area contributed by atoms with E-state index in [2.05, 4.69) is 143 Å². The van der Waals surface area contributed by atoms with Crippen LogP contribution >= 0.6 is 0 Å². The van der Waals surface area contributed by atoms with E-state index in [9.17, 15) is 15.3 Å². The number of phenolic OH excluding ortho intramolecular Hbond substituents is 3. The average molecular weight is 755 g/mol. The van der Waals surface area contributed by atoms with Gasteiger partial charge in [0.25, 0.3) is 0 Å². The van der Waals surface area contributed by atoms with Crippen LogP contribution < -0.4 is 0 Å². The molecule has 0 saturated carbocycles. The molecule has 54 heavy (non-hydrogen) atoms. The van der Waals surface area contributed by atoms with Crippen molar-refractivity contribution >= 4 is 0 Å². The lowest BCUT2D eigenvalue weighted by Gasteiger charge is -2.25. The van der Waals surface area contributed by atoms with Crippen molar-refractivity contribution in [3.63, 3.8) is 0 Å². The number of aliphatic hydroxyl groups excluding tert-OH is 4. The number of rotatable bonds is 4. The van der Waals surface area contributed by atoms with E-state index in [1.165, 1.54) is 16.7 Å². The van der Waals surface area contributed by atoms with Gasteiger partial charge >= 0.3 is 0 Å². The summed E-state index contributed by atoms with van der Waals surface area (Å²) in [7, 11) is 0. The van der Waals surface area contributed by atoms with E-state index in [0.29, 0.717) is 17.2 Å². The van der Waals surface area contributed by atoms with Crippen molar-refractivity contribution in [2.24, 2.45) is 5.41 Å². The van der Waals surface area contributed by atoms with Crippen LogP contribution in [0.1, 0.15) is 158 Å². The molecule has 3 aromatic carbocycles. The summed E-state index contributed by atoms with van der Waals surface area (Å²) < 4.78 is 0. The predicted octanol–water partition coefficient (Wildman–Crippen LogP) is 9.90. The Morgan fingerprint density at radius 3 is 0.611 bits per heavy atom. The lowest BCUT2D eigenvalue weighted by molar-refractivity contribution is -0.0328. The van der Waals surface area contributed by atoms with Crippen LogP contribution in [0.4, 0.5) is 0 Å². The molecule has 0 fully saturated rings. The molecule has 0 bridgehead atoms. The van der Waals surface area contributed by atoms with Crippen molar-refractivity contribution in [2.75, 3.05) is 26.4 Å². The third-order valence-electron chi connectivity index (χ3n) is 9.35. The number of aromatic hydroxyl groups is 3. The molecule has 0 spiro atoms. The zero-order chi connectivity index (χ0) is 42.9. The number of aliphatic hydroxyl groups is 4. The standard InChI is InChI=1S/3C14H22O.C5H12O4/c3*1-13(2,3)10-7-8-12(15)11(9-10)14(4,5)6;6-1-5(2-7,3-8)4-9/h3*7-9,15H,1-6H3;6-9H,1-4H2. The first kappa shape index (κ1) is 50.9. The first-order chi connectivity index (χ1) is 24.1. The summed E-state index contributed by atoms with van der Waals surface area (Å²) in [6.07, 6.45) is 0. The van der Waals surface area contributed by atoms with Crippen molar-refractivity contribution in [3.05, 3.63) is 88.0 Å². The monoisotopic (exact) mass is 755 g/mol. The quantitative estimate of drug-likeness (QED) is 0.141. The maximum Gasteiger partial charge on any atom is 0.119 e. The van der Waals surface area contributed by atoms with Crippen LogP contribution in [0, 0.1) is 5.41 Å². The molecule has 0 aliphatic rings. The molecule has 0 saturated heterocycles. The molecule has 0 atom stereocenters. The van der Waals surface area contributed by atoms with E-state index in [1.54, 1.807) is 18.2 Å². The van der Waals surface area contributed by atoms with E-state index >= 15 is 0 Å². The Labute approximate surface area is 329 Å². The maximum absolute atomic E-state index is 9.84. The smallest absolute Gasteiger partial charge is 0.119 e. The van der Waals surface area contributed by atoms with Gasteiger partial charge in [0, 0.05) is 0 Å². The zero-order valence-corrected chi connectivity index (χ0v) is 37.2. The van der Waals surface area contributed by atoms with Gasteiger partial charge in [-0.3, -0.25) is 0 Å². The molecule has 3 rings (SSSR count). The van der Waals surface area contributed by atoms with Crippen molar-refractivity contribution in [2.45, 2.75) is 157 Å². The fourth-order valence-corrected chi connectivity index (χ4v) is 5.11. The van der Waals surface area contributed by atoms with Gasteiger partial charge in [-0.2, -0.15) is 0 Å². The molecule has 7 heteroatoms. The van der Waals surface area contributed by atoms with Crippen LogP contribution in [0.15, 0.2) is 54.6 Å². The number of hydrogen-bond donors (Lipinski definition) is 7. The SMILES string of the molecule is CC(C)(C)c1ccc(O)c(C(C)(C)C)c1.CC(C)(C)c1ccc(O)c(C(C)(C)C)c1.CC(C)(C)c1ccc(O)c(C(C)(C)C)c1.OCC(CO)(CO)CO. The summed E-state index contributed by atoms with van der Waals surface area (Å²) in [5.74, 6) is 1.20. The average Bonchev–Trinajstić information content (AvgIpc) is 3.01. The lowest BCUT2D eigenvalue weighted by Crippen LogP contribution is -2.37. The maximum atomic E-state index is 9.84. The molecular weight excluding hydrogens is 677 g/mol. The summed E-state index contributed by atoms with van der Waals surface area (Å²) in [6.45, 7) is 37.1. The van der Waals surface area contributed by atoms with E-state index in [-0.39, 0.29) is 32.5 Å². The normalized spacial score (nSPS) is 12.8. The Morgan fingerprint density at radius 2 is 0.500 bits per heavy atom. The molecule has 7 N–H and O–H groups in total. The fraction of sp³-hybridized carbons (Fsp3) is 0.617. The molecule has 0 amide bonds. The molecule has 0 aromatic heterocycles. The highest BCUT2D eigenvalue weighted by Gasteiger charge is 2.27. The Kier molecular flexibility index (Phi) is 18.1. The van der Waals surface area contributed by atoms with Crippen molar-refractivity contribution in [1.29, 1.82) is 0 Å². The second kappa shape index (κ2) is 19.2. The first-order valence-electron chi connectivity index (χ1n) is 19.1. The molecule has 0 aliphatic carbocycles. The Hall–Kier alpha value is -3.10. The van der Waals surface area contributed by atoms with E-state index in [1.807, 2.05) is 18.2 Å². The van der Waals surface area contributed by atoms with Crippen molar-refractivity contribution in [1.82, 2.24) is 0 Å². The predicted molar refractivity (Wildman–Crippen MR) is 227 cm³/mol. The van der Waals surface area contributed by atoms with Crippen molar-refractivity contribution in [3.8, 4) is 17.2 Å². The molecular formula is C47H78O7. The van der Waals surface area contributed by atoms with Gasteiger partial charge in [-0.1, -0.05) is 161 Å². The van der Waals surface area contributed by atoms with Gasteiger partial charge in [0.15, 0.2) is 0 Å². The minimum absolute atomic E-state index is 0.00859. The second-order valence-electron chi connectivity index (χ2n) is 20.8. The highest BCUT2D eigenvalue weighted by molar-refractivity contribution is 5.44. The van der Waals surface area contributed by atoms with Crippen molar-refractivity contribution < 1.29 is 35.7 Å². The van der Waals surface area contributed by atoms with E-state index in [4.69, 9.17) is 20.4 Å². The van der Waals surface area contributed by atoms with Crippen LogP contribution in [0.3, 0.4) is 0 Å². The summed E-state index contributed by atoms with van der Waals surface area (Å²) >= 11 is 0. The van der Waals surface area contributed by atoms with Crippen LogP contribution in [-0.4, -0.2) is 62.2 Å². The lowest BCUT2D eigenvalue weighted by atomic mass is 9.80. The van der Waals surface area contributed by atoms with Gasteiger partial charge in [-0.15, -0.1) is 0 Å². The van der Waals surface area contributed by atoms with Crippen LogP contribution in [-0.2, 0) is 32.5 Å². The van der Waals surface area contributed by atoms with Crippen LogP contribution in [0.5, 0.6) is 17.2 Å². The highest BCUT2D eigenvalue weighted by Crippen LogP contribution is 2.37. The third kappa shape index (κ3) is 15.9. The molecule has 308 valence electrons. The van der Waals surface area contributed by atoms with E-state index < -0.39 is 31.8 Å². The minimum Gasteiger partial charge on any atom is -0.508 e. The van der Waals surface area contributed by atoms with Gasteiger partial charge in [0.2, 0.25) is 0 Å². The number of hydrogen-bond acceptors (Lipinski definition) is 7. The Bertz CT molecular complexity index is 1380. The van der Waals surface area contributed by atoms with Crippen LogP contribution in [0.25, 0.3) is 0 Å². The van der Waals surface area contributed by atoms with E-state index in [0.717, 1.165) is 16.7 Å². The zero-order valence-electron chi connectivity index (χ0n) is 37.2. The topological polar surface area (TPSA) is 142 Å². The fourth-order valence-electron chi connectivity index (χ4n) is 5.11. The molecule has 0 aliphatic heterocycles. The summed E-state index contributed by atoms with van der Waals surface area (Å²) in [5.41, 5.74) is 6.14. The highest BCUT2D eigenvalue weighted by atomic mass is 16.3. The van der Waals surface area contributed by atoms with Crippen LogP contribution in [0.2, 0.25) is 0 Å². The van der Waals surface area contributed by atoms with Gasteiger partial charge in [0.1, 0.15) is 17.2 Å². The summed E-state index contributed by atoms with van der Waals surface area (Å²) in [6, 6.07) is 17.8. The molecule has 7 nitrogen and oxygen atoms in total. The third-order valence-corrected chi connectivity index (χ3v) is 9.35. The molecule has 0 radical (unpaired) electrons. The second-order valence-corrected chi connectivity index (χ2v) is 20.8. The first-order valence-corrected chi connectivity index (χ1v) is 19.1. The largest absolute Gasteiger partial charge is 0.508 e.